The molecule has 1 aromatic carbocycles. The molecular formula is C17H25N3O. The van der Waals surface area contributed by atoms with Crippen molar-refractivity contribution in [1.82, 2.24) is 15.1 Å². The van der Waals surface area contributed by atoms with Crippen LogP contribution in [-0.2, 0) is 0 Å². The van der Waals surface area contributed by atoms with Crippen molar-refractivity contribution in [3.8, 4) is 5.75 Å². The van der Waals surface area contributed by atoms with Crippen molar-refractivity contribution in [3.63, 3.8) is 0 Å². The van der Waals surface area contributed by atoms with Gasteiger partial charge in [-0.05, 0) is 6.07 Å². The second kappa shape index (κ2) is 5.59. The molecule has 0 aromatic heterocycles. The highest BCUT2D eigenvalue weighted by Gasteiger charge is 2.35. The summed E-state index contributed by atoms with van der Waals surface area (Å²) < 4.78 is 5.90. The molecule has 2 saturated heterocycles. The molecule has 0 bridgehead atoms. The van der Waals surface area contributed by atoms with E-state index in [4.69, 9.17) is 4.74 Å². The highest BCUT2D eigenvalue weighted by atomic mass is 16.5. The molecule has 21 heavy (non-hydrogen) atoms. The van der Waals surface area contributed by atoms with Crippen LogP contribution in [0.5, 0.6) is 5.75 Å². The van der Waals surface area contributed by atoms with Gasteiger partial charge in [0.2, 0.25) is 0 Å². The van der Waals surface area contributed by atoms with Gasteiger partial charge in [-0.25, -0.2) is 0 Å². The van der Waals surface area contributed by atoms with Gasteiger partial charge in [0.15, 0.2) is 0 Å². The van der Waals surface area contributed by atoms with Gasteiger partial charge < -0.3 is 10.1 Å². The molecule has 0 radical (unpaired) electrons. The lowest BCUT2D eigenvalue weighted by Crippen LogP contribution is -2.62. The molecule has 1 N–H and O–H groups in total. The van der Waals surface area contributed by atoms with Crippen LogP contribution >= 0.6 is 0 Å². The minimum absolute atomic E-state index is 0.525. The summed E-state index contributed by atoms with van der Waals surface area (Å²) in [6.07, 6.45) is 0. The first-order valence-electron chi connectivity index (χ1n) is 8.23. The number of fused-ring (bicyclic) bond motifs is 1. The second-order valence-corrected chi connectivity index (χ2v) is 6.65. The van der Waals surface area contributed by atoms with Crippen molar-refractivity contribution in [2.75, 3.05) is 45.9 Å². The molecule has 4 heteroatoms. The summed E-state index contributed by atoms with van der Waals surface area (Å²) in [5.41, 5.74) is 1.38. The summed E-state index contributed by atoms with van der Waals surface area (Å²) >= 11 is 0. The molecule has 114 valence electrons. The molecular weight excluding hydrogens is 262 g/mol. The van der Waals surface area contributed by atoms with E-state index in [2.05, 4.69) is 46.3 Å². The van der Waals surface area contributed by atoms with Crippen molar-refractivity contribution >= 4 is 0 Å². The van der Waals surface area contributed by atoms with E-state index in [1.807, 2.05) is 0 Å². The molecule has 2 fully saturated rings. The molecule has 0 spiro atoms. The number of para-hydroxylation sites is 1. The maximum absolute atomic E-state index is 5.90. The molecule has 1 aromatic rings. The minimum Gasteiger partial charge on any atom is -0.493 e. The Kier molecular flexibility index (Phi) is 3.61. The Morgan fingerprint density at radius 1 is 1.05 bits per heavy atom. The molecule has 0 amide bonds. The first-order chi connectivity index (χ1) is 10.3. The monoisotopic (exact) mass is 287 g/mol. The van der Waals surface area contributed by atoms with Gasteiger partial charge in [-0.3, -0.25) is 9.80 Å². The number of nitrogens with one attached hydrogen (secondary N) is 1. The number of hydrogen-bond donors (Lipinski definition) is 1. The van der Waals surface area contributed by atoms with Crippen LogP contribution in [0.15, 0.2) is 24.3 Å². The van der Waals surface area contributed by atoms with Crippen LogP contribution in [0.1, 0.15) is 18.5 Å². The normalized spacial score (nSPS) is 31.3. The summed E-state index contributed by atoms with van der Waals surface area (Å²) in [5, 5.41) is 3.38. The molecule has 3 heterocycles. The second-order valence-electron chi connectivity index (χ2n) is 6.65. The number of hydrogen-bond acceptors (Lipinski definition) is 4. The van der Waals surface area contributed by atoms with Gasteiger partial charge in [-0.1, -0.05) is 25.1 Å². The predicted octanol–water partition coefficient (Wildman–Crippen LogP) is 1.35. The van der Waals surface area contributed by atoms with Crippen molar-refractivity contribution in [1.29, 1.82) is 0 Å². The molecule has 4 rings (SSSR count). The highest BCUT2D eigenvalue weighted by molar-refractivity contribution is 5.38. The van der Waals surface area contributed by atoms with Crippen LogP contribution in [0.2, 0.25) is 0 Å². The zero-order valence-corrected chi connectivity index (χ0v) is 12.8. The maximum Gasteiger partial charge on any atom is 0.124 e. The molecule has 2 atom stereocenters. The standard InChI is InChI=1S/C17H25N3O/c1-13-12-21-16-5-3-2-4-15(16)17(13)20-8-6-19(7-9-20)14-10-18-11-14/h2-5,13-14,17-18H,6-12H2,1H3. The lowest BCUT2D eigenvalue weighted by Gasteiger charge is -2.47. The Bertz CT molecular complexity index is 495. The van der Waals surface area contributed by atoms with Crippen LogP contribution in [-0.4, -0.2) is 61.7 Å². The van der Waals surface area contributed by atoms with E-state index in [1.165, 1.54) is 44.8 Å². The quantitative estimate of drug-likeness (QED) is 0.888. The number of nitrogens with zero attached hydrogens (tertiary/aromatic N) is 2. The number of piperazine rings is 1. The summed E-state index contributed by atoms with van der Waals surface area (Å²) in [4.78, 5) is 5.33. The van der Waals surface area contributed by atoms with E-state index >= 15 is 0 Å². The molecule has 4 nitrogen and oxygen atoms in total. The average molecular weight is 287 g/mol. The van der Waals surface area contributed by atoms with Gasteiger partial charge >= 0.3 is 0 Å². The lowest BCUT2D eigenvalue weighted by atomic mass is 9.90. The Morgan fingerprint density at radius 2 is 1.76 bits per heavy atom. The van der Waals surface area contributed by atoms with Gasteiger partial charge in [0.1, 0.15) is 5.75 Å². The van der Waals surface area contributed by atoms with Crippen LogP contribution < -0.4 is 10.1 Å². The van der Waals surface area contributed by atoms with E-state index in [0.717, 1.165) is 18.4 Å². The third-order valence-corrected chi connectivity index (χ3v) is 5.30. The summed E-state index contributed by atoms with van der Waals surface area (Å²) in [6, 6.07) is 9.89. The Labute approximate surface area is 127 Å². The Balaban J connectivity index is 1.48. The SMILES string of the molecule is CC1COc2ccccc2C1N1CCN(C2CNC2)CC1. The predicted molar refractivity (Wildman–Crippen MR) is 83.6 cm³/mol. The Hall–Kier alpha value is -1.10. The number of benzene rings is 1. The van der Waals surface area contributed by atoms with E-state index in [1.54, 1.807) is 0 Å². The third-order valence-electron chi connectivity index (χ3n) is 5.30. The fraction of sp³-hybridized carbons (Fsp3) is 0.647. The van der Waals surface area contributed by atoms with Gasteiger partial charge in [-0.2, -0.15) is 0 Å². The molecule has 0 saturated carbocycles. The summed E-state index contributed by atoms with van der Waals surface area (Å²) in [5.74, 6) is 1.66. The highest BCUT2D eigenvalue weighted by Crippen LogP contribution is 2.39. The molecule has 3 aliphatic rings. The molecule has 3 aliphatic heterocycles. The van der Waals surface area contributed by atoms with Gasteiger partial charge in [0.05, 0.1) is 6.61 Å². The van der Waals surface area contributed by atoms with Crippen molar-refractivity contribution in [2.45, 2.75) is 19.0 Å². The van der Waals surface area contributed by atoms with Crippen molar-refractivity contribution in [3.05, 3.63) is 29.8 Å². The van der Waals surface area contributed by atoms with E-state index in [9.17, 15) is 0 Å². The van der Waals surface area contributed by atoms with Crippen molar-refractivity contribution < 1.29 is 4.74 Å². The third kappa shape index (κ3) is 2.45. The van der Waals surface area contributed by atoms with Crippen molar-refractivity contribution in [2.24, 2.45) is 5.92 Å². The van der Waals surface area contributed by atoms with Crippen LogP contribution in [0.25, 0.3) is 0 Å². The topological polar surface area (TPSA) is 27.7 Å². The summed E-state index contributed by atoms with van der Waals surface area (Å²) in [6.45, 7) is 10.3. The zero-order valence-electron chi connectivity index (χ0n) is 12.8. The number of ether oxygens (including phenoxy) is 1. The summed E-state index contributed by atoms with van der Waals surface area (Å²) in [7, 11) is 0. The van der Waals surface area contributed by atoms with E-state index < -0.39 is 0 Å². The van der Waals surface area contributed by atoms with E-state index in [-0.39, 0.29) is 0 Å². The van der Waals surface area contributed by atoms with Gasteiger partial charge in [-0.15, -0.1) is 0 Å². The first-order valence-corrected chi connectivity index (χ1v) is 8.23. The zero-order chi connectivity index (χ0) is 14.2. The fourth-order valence-electron chi connectivity index (χ4n) is 3.94. The Morgan fingerprint density at radius 3 is 2.48 bits per heavy atom. The van der Waals surface area contributed by atoms with E-state index in [0.29, 0.717) is 12.0 Å². The molecule has 0 aliphatic carbocycles. The molecule has 2 unspecified atom stereocenters. The number of rotatable bonds is 2. The maximum atomic E-state index is 5.90. The van der Waals surface area contributed by atoms with Crippen LogP contribution in [0, 0.1) is 5.92 Å². The van der Waals surface area contributed by atoms with Gasteiger partial charge in [0.25, 0.3) is 0 Å². The minimum atomic E-state index is 0.525. The van der Waals surface area contributed by atoms with Gasteiger partial charge in [0, 0.05) is 62.8 Å². The largest absolute Gasteiger partial charge is 0.493 e. The van der Waals surface area contributed by atoms with Crippen LogP contribution in [0.3, 0.4) is 0 Å². The fourth-order valence-corrected chi connectivity index (χ4v) is 3.94. The average Bonchev–Trinajstić information content (AvgIpc) is 2.47. The smallest absolute Gasteiger partial charge is 0.124 e. The lowest BCUT2D eigenvalue weighted by molar-refractivity contribution is 0.0209. The first kappa shape index (κ1) is 13.6. The van der Waals surface area contributed by atoms with Crippen LogP contribution in [0.4, 0.5) is 0 Å².